The number of nitrogens with zero attached hydrogens (tertiary/aromatic N) is 3. The summed E-state index contributed by atoms with van der Waals surface area (Å²) >= 11 is 7.82. The third-order valence-electron chi connectivity index (χ3n) is 5.79. The first-order valence-electron chi connectivity index (χ1n) is 11.9. The zero-order valence-electron chi connectivity index (χ0n) is 22.5. The van der Waals surface area contributed by atoms with Gasteiger partial charge in [-0.3, -0.25) is 24.0 Å². The molecule has 3 atom stereocenters. The van der Waals surface area contributed by atoms with Crippen molar-refractivity contribution >= 4 is 75.2 Å². The minimum absolute atomic E-state index is 0.00943. The van der Waals surface area contributed by atoms with Crippen LogP contribution in [0, 0.1) is 10.8 Å². The molecule has 0 aliphatic carbocycles. The second kappa shape index (κ2) is 13.1. The van der Waals surface area contributed by atoms with Gasteiger partial charge in [-0.1, -0.05) is 5.16 Å². The first kappa shape index (κ1) is 31.6. The lowest BCUT2D eigenvalue weighted by Crippen LogP contribution is -2.74. The summed E-state index contributed by atoms with van der Waals surface area (Å²) in [5, 5.41) is 10.1. The lowest BCUT2D eigenvalue weighted by atomic mass is 9.88. The summed E-state index contributed by atoms with van der Waals surface area (Å²) in [6, 6.07) is -0.891. The van der Waals surface area contributed by atoms with Gasteiger partial charge in [-0.15, -0.1) is 34.7 Å². The maximum absolute atomic E-state index is 13.0. The van der Waals surface area contributed by atoms with Crippen LogP contribution in [0.25, 0.3) is 0 Å². The van der Waals surface area contributed by atoms with E-state index in [1.165, 1.54) is 36.3 Å². The summed E-state index contributed by atoms with van der Waals surface area (Å²) < 4.78 is 15.5. The van der Waals surface area contributed by atoms with Crippen LogP contribution in [0.1, 0.15) is 26.5 Å². The molecular formula is C23H30ClN5O9S2. The molecule has 0 aromatic carbocycles. The Morgan fingerprint density at radius 1 is 1.25 bits per heavy atom. The normalized spacial score (nSPS) is 22.5. The summed E-state index contributed by atoms with van der Waals surface area (Å²) in [5.74, 6) is -2.83. The summed E-state index contributed by atoms with van der Waals surface area (Å²) in [6.07, 6.45) is 0. The number of β-lactam (4-membered cyclic amide) rings is 1. The molecular weight excluding hydrogens is 590 g/mol. The Bertz CT molecular complexity index is 1190. The Hall–Kier alpha value is -2.95. The number of oxime groups is 1. The van der Waals surface area contributed by atoms with Crippen LogP contribution in [0.4, 0.5) is 5.13 Å². The van der Waals surface area contributed by atoms with E-state index in [1.54, 1.807) is 20.8 Å². The molecule has 2 fully saturated rings. The Labute approximate surface area is 243 Å². The molecule has 2 aliphatic heterocycles. The van der Waals surface area contributed by atoms with Gasteiger partial charge in [0, 0.05) is 24.8 Å². The molecule has 3 rings (SSSR count). The minimum Gasteiger partial charge on any atom is -0.427 e. The lowest BCUT2D eigenvalue weighted by molar-refractivity contribution is -0.183. The number of fused-ring (bicyclic) bond motifs is 1. The quantitative estimate of drug-likeness (QED) is 0.0895. The number of methoxy groups -OCH3 is 1. The molecule has 1 aromatic rings. The van der Waals surface area contributed by atoms with Crippen molar-refractivity contribution in [3.8, 4) is 0 Å². The van der Waals surface area contributed by atoms with Gasteiger partial charge in [0.25, 0.3) is 5.91 Å². The molecule has 14 nitrogen and oxygen atoms in total. The summed E-state index contributed by atoms with van der Waals surface area (Å²) in [7, 11) is 2.68. The highest BCUT2D eigenvalue weighted by Crippen LogP contribution is 2.43. The van der Waals surface area contributed by atoms with Crippen LogP contribution in [0.15, 0.2) is 10.5 Å². The zero-order chi connectivity index (χ0) is 29.7. The van der Waals surface area contributed by atoms with Crippen molar-refractivity contribution in [2.75, 3.05) is 51.1 Å². The van der Waals surface area contributed by atoms with E-state index in [0.29, 0.717) is 0 Å². The number of carbonyl (C=O) groups excluding carboxylic acids is 5. The number of thiazole rings is 1. The van der Waals surface area contributed by atoms with Crippen LogP contribution in [-0.2, 0) is 43.0 Å². The van der Waals surface area contributed by atoms with E-state index in [0.717, 1.165) is 11.3 Å². The van der Waals surface area contributed by atoms with Crippen molar-refractivity contribution in [2.24, 2.45) is 16.0 Å². The Morgan fingerprint density at radius 3 is 2.60 bits per heavy atom. The van der Waals surface area contributed by atoms with E-state index in [9.17, 15) is 24.0 Å². The van der Waals surface area contributed by atoms with Crippen molar-refractivity contribution in [1.82, 2.24) is 15.2 Å². The van der Waals surface area contributed by atoms with Gasteiger partial charge < -0.3 is 34.6 Å². The highest BCUT2D eigenvalue weighted by Gasteiger charge is 2.58. The van der Waals surface area contributed by atoms with Gasteiger partial charge in [0.1, 0.15) is 35.5 Å². The monoisotopic (exact) mass is 619 g/mol. The number of nitrogens with one attached hydrogen (secondary N) is 2. The zero-order valence-corrected chi connectivity index (χ0v) is 24.9. The van der Waals surface area contributed by atoms with E-state index in [2.05, 4.69) is 20.8 Å². The molecule has 0 radical (unpaired) electrons. The standard InChI is InChI=1S/C23H30ClN5O9S2/c1-22(2,3)19(33)37-11-38-20(34)23(9-35-4)8-29-17(32)15(18(29)40-10-23)27-16(31)14(28-36-5)12-7-39-21(25-12)26-13(30)6-24/h7,15,18H,6,8-11H2,1-5H3,(H,27,31)(H,25,26,30)/t15?,18-,23?/m1/s1. The number of ether oxygens (including phenoxy) is 3. The summed E-state index contributed by atoms with van der Waals surface area (Å²) in [5.41, 5.74) is -2.02. The predicted molar refractivity (Wildman–Crippen MR) is 146 cm³/mol. The second-order valence-corrected chi connectivity index (χ2v) is 12.1. The minimum atomic E-state index is -1.19. The van der Waals surface area contributed by atoms with Crippen LogP contribution in [0.3, 0.4) is 0 Å². The predicted octanol–water partition coefficient (Wildman–Crippen LogP) is 0.794. The molecule has 0 bridgehead atoms. The Morgan fingerprint density at radius 2 is 1.98 bits per heavy atom. The van der Waals surface area contributed by atoms with Crippen LogP contribution in [0.5, 0.6) is 0 Å². The number of esters is 2. The molecule has 17 heteroatoms. The highest BCUT2D eigenvalue weighted by molar-refractivity contribution is 8.00. The molecule has 1 aromatic heterocycles. The van der Waals surface area contributed by atoms with Crippen molar-refractivity contribution < 1.29 is 43.0 Å². The first-order valence-corrected chi connectivity index (χ1v) is 14.3. The fourth-order valence-electron chi connectivity index (χ4n) is 3.78. The molecule has 2 saturated heterocycles. The van der Waals surface area contributed by atoms with Crippen molar-refractivity contribution in [1.29, 1.82) is 0 Å². The van der Waals surface area contributed by atoms with E-state index >= 15 is 0 Å². The number of hydrogen-bond acceptors (Lipinski definition) is 13. The van der Waals surface area contributed by atoms with Gasteiger partial charge in [0.15, 0.2) is 10.8 Å². The van der Waals surface area contributed by atoms with Crippen LogP contribution >= 0.6 is 34.7 Å². The molecule has 0 spiro atoms. The summed E-state index contributed by atoms with van der Waals surface area (Å²) in [4.78, 5) is 73.0. The number of rotatable bonds is 11. The number of halogens is 1. The van der Waals surface area contributed by atoms with Crippen molar-refractivity contribution in [3.05, 3.63) is 11.1 Å². The molecule has 2 N–H and O–H groups in total. The second-order valence-electron chi connectivity index (χ2n) is 9.91. The van der Waals surface area contributed by atoms with Gasteiger partial charge in [0.05, 0.1) is 12.0 Å². The Balaban J connectivity index is 1.64. The fourth-order valence-corrected chi connectivity index (χ4v) is 6.07. The molecule has 220 valence electrons. The average Bonchev–Trinajstić information content (AvgIpc) is 3.37. The highest BCUT2D eigenvalue weighted by atomic mass is 35.5. The fraction of sp³-hybridized carbons (Fsp3) is 0.609. The number of thioether (sulfide) groups is 1. The molecule has 3 heterocycles. The number of alkyl halides is 1. The lowest BCUT2D eigenvalue weighted by Gasteiger charge is -2.53. The van der Waals surface area contributed by atoms with E-state index in [4.69, 9.17) is 30.6 Å². The SMILES string of the molecule is COCC1(C(=O)OCOC(=O)C(C)(C)C)CS[C@@H]2C(NC(=O)C(=NOC)c3csc(NC(=O)CCl)n3)C(=O)N2C1. The number of amides is 3. The van der Waals surface area contributed by atoms with Gasteiger partial charge in [0.2, 0.25) is 18.6 Å². The molecule has 2 aliphatic rings. The van der Waals surface area contributed by atoms with Crippen LogP contribution in [0.2, 0.25) is 0 Å². The Kier molecular flexibility index (Phi) is 10.4. The van der Waals surface area contributed by atoms with Gasteiger partial charge in [-0.25, -0.2) is 4.98 Å². The number of hydrogen-bond donors (Lipinski definition) is 2. The smallest absolute Gasteiger partial charge is 0.319 e. The number of carbonyl (C=O) groups is 5. The van der Waals surface area contributed by atoms with E-state index < -0.39 is 58.7 Å². The largest absolute Gasteiger partial charge is 0.427 e. The molecule has 40 heavy (non-hydrogen) atoms. The summed E-state index contributed by atoms with van der Waals surface area (Å²) in [6.45, 7) is 4.42. The number of aromatic nitrogens is 1. The third-order valence-corrected chi connectivity index (χ3v) is 8.38. The molecule has 0 saturated carbocycles. The third kappa shape index (κ3) is 7.03. The molecule has 2 unspecified atom stereocenters. The van der Waals surface area contributed by atoms with Crippen LogP contribution in [-0.4, -0.2) is 102 Å². The maximum Gasteiger partial charge on any atom is 0.319 e. The van der Waals surface area contributed by atoms with Gasteiger partial charge in [-0.2, -0.15) is 0 Å². The van der Waals surface area contributed by atoms with E-state index in [-0.39, 0.29) is 41.3 Å². The number of anilines is 1. The van der Waals surface area contributed by atoms with Crippen LogP contribution < -0.4 is 10.6 Å². The van der Waals surface area contributed by atoms with Crippen molar-refractivity contribution in [3.63, 3.8) is 0 Å². The van der Waals surface area contributed by atoms with Gasteiger partial charge >= 0.3 is 11.9 Å². The average molecular weight is 620 g/mol. The van der Waals surface area contributed by atoms with Crippen molar-refractivity contribution in [2.45, 2.75) is 32.2 Å². The topological polar surface area (TPSA) is 175 Å². The maximum atomic E-state index is 13.0. The van der Waals surface area contributed by atoms with E-state index in [1.807, 2.05) is 0 Å². The van der Waals surface area contributed by atoms with Gasteiger partial charge in [-0.05, 0) is 20.8 Å². The first-order chi connectivity index (χ1) is 18.9. The molecule has 3 amide bonds.